The summed E-state index contributed by atoms with van der Waals surface area (Å²) < 4.78 is 37.3. The molecule has 192 valence electrons. The van der Waals surface area contributed by atoms with Crippen molar-refractivity contribution in [2.45, 2.75) is 37.0 Å². The zero-order valence-corrected chi connectivity index (χ0v) is 20.5. The maximum Gasteiger partial charge on any atom is 0.350 e. The molecule has 0 spiro atoms. The van der Waals surface area contributed by atoms with Crippen molar-refractivity contribution in [2.24, 2.45) is 0 Å². The average Bonchev–Trinajstić information content (AvgIpc) is 3.33. The second-order valence-electron chi connectivity index (χ2n) is 8.33. The number of anilines is 1. The summed E-state index contributed by atoms with van der Waals surface area (Å²) in [7, 11) is -4.51. The highest BCUT2D eigenvalue weighted by Crippen LogP contribution is 2.41. The molecule has 0 amide bonds. The maximum absolute atomic E-state index is 14.3. The van der Waals surface area contributed by atoms with Crippen molar-refractivity contribution < 1.29 is 38.4 Å². The Kier molecular flexibility index (Phi) is 7.39. The van der Waals surface area contributed by atoms with Crippen LogP contribution >= 0.6 is 19.2 Å². The van der Waals surface area contributed by atoms with Gasteiger partial charge in [-0.15, -0.1) is 6.42 Å². The van der Waals surface area contributed by atoms with Crippen LogP contribution in [0.2, 0.25) is 5.15 Å². The highest BCUT2D eigenvalue weighted by atomic mass is 35.5. The number of halogens is 2. The molecule has 2 aromatic heterocycles. The average molecular weight is 541 g/mol. The van der Waals surface area contributed by atoms with Crippen LogP contribution in [0.5, 0.6) is 0 Å². The fraction of sp³-hybridized carbons (Fsp3) is 0.364. The van der Waals surface area contributed by atoms with Gasteiger partial charge in [0.1, 0.15) is 29.5 Å². The van der Waals surface area contributed by atoms with Crippen molar-refractivity contribution in [3.05, 3.63) is 53.1 Å². The Morgan fingerprint density at radius 2 is 2.14 bits per heavy atom. The summed E-state index contributed by atoms with van der Waals surface area (Å²) in [5, 5.41) is 29.3. The molecule has 5 N–H and O–H groups in total. The monoisotopic (exact) mass is 540 g/mol. The summed E-state index contributed by atoms with van der Waals surface area (Å²) in [5.41, 5.74) is -0.840. The number of ether oxygens (including phenoxy) is 2. The highest BCUT2D eigenvalue weighted by molar-refractivity contribution is 7.51. The van der Waals surface area contributed by atoms with Gasteiger partial charge >= 0.3 is 7.60 Å². The van der Waals surface area contributed by atoms with Gasteiger partial charge in [0.2, 0.25) is 0 Å². The number of rotatable bonds is 8. The van der Waals surface area contributed by atoms with Crippen molar-refractivity contribution >= 4 is 35.9 Å². The molecule has 1 aliphatic heterocycles. The van der Waals surface area contributed by atoms with Gasteiger partial charge in [0.15, 0.2) is 17.5 Å². The van der Waals surface area contributed by atoms with Gasteiger partial charge in [-0.2, -0.15) is 5.10 Å². The predicted molar refractivity (Wildman–Crippen MR) is 128 cm³/mol. The fourth-order valence-corrected chi connectivity index (χ4v) is 4.53. The Labute approximate surface area is 210 Å². The first kappa shape index (κ1) is 26.5. The largest absolute Gasteiger partial charge is 0.386 e. The minimum atomic E-state index is -4.51. The third-order valence-electron chi connectivity index (χ3n) is 5.76. The summed E-state index contributed by atoms with van der Waals surface area (Å²) in [6.45, 7) is 1.16. The van der Waals surface area contributed by atoms with Crippen LogP contribution in [-0.2, 0) is 14.0 Å². The number of aromatic nitrogens is 3. The Balaban J connectivity index is 1.65. The Morgan fingerprint density at radius 3 is 2.81 bits per heavy atom. The lowest BCUT2D eigenvalue weighted by Crippen LogP contribution is -2.45. The molecule has 3 heterocycles. The van der Waals surface area contributed by atoms with Crippen LogP contribution in [0.4, 0.5) is 10.1 Å². The summed E-state index contributed by atoms with van der Waals surface area (Å²) in [4.78, 5) is 22.3. The zero-order valence-electron chi connectivity index (χ0n) is 18.8. The highest BCUT2D eigenvalue weighted by Gasteiger charge is 2.55. The van der Waals surface area contributed by atoms with Gasteiger partial charge < -0.3 is 34.8 Å². The number of terminal acetylenes is 1. The first-order valence-corrected chi connectivity index (χ1v) is 12.8. The number of nitrogens with zero attached hydrogens (tertiary/aromatic N) is 3. The molecular weight excluding hydrogens is 518 g/mol. The fourth-order valence-electron chi connectivity index (χ4n) is 4.01. The third kappa shape index (κ3) is 5.11. The molecule has 1 aromatic carbocycles. The van der Waals surface area contributed by atoms with Crippen LogP contribution in [0.25, 0.3) is 11.0 Å². The molecular formula is C22H23ClFN4O7P. The van der Waals surface area contributed by atoms with Crippen LogP contribution in [0.1, 0.15) is 24.8 Å². The topological polar surface area (TPSA) is 159 Å². The second-order valence-corrected chi connectivity index (χ2v) is 10.3. The van der Waals surface area contributed by atoms with Gasteiger partial charge in [0, 0.05) is 5.56 Å². The van der Waals surface area contributed by atoms with E-state index in [0.29, 0.717) is 16.6 Å². The van der Waals surface area contributed by atoms with Gasteiger partial charge in [0.25, 0.3) is 0 Å². The minimum absolute atomic E-state index is 0.0636. The zero-order chi connectivity index (χ0) is 26.3. The van der Waals surface area contributed by atoms with E-state index in [1.54, 1.807) is 25.1 Å². The first-order valence-electron chi connectivity index (χ1n) is 10.6. The summed E-state index contributed by atoms with van der Waals surface area (Å²) >= 11 is 6.23. The van der Waals surface area contributed by atoms with E-state index in [2.05, 4.69) is 21.3 Å². The Bertz CT molecular complexity index is 1360. The van der Waals surface area contributed by atoms with Crippen molar-refractivity contribution in [3.8, 4) is 12.3 Å². The van der Waals surface area contributed by atoms with Crippen molar-refractivity contribution in [2.75, 3.05) is 18.3 Å². The van der Waals surface area contributed by atoms with Gasteiger partial charge in [-0.3, -0.25) is 4.57 Å². The number of hydrogen-bond donors (Lipinski definition) is 5. The van der Waals surface area contributed by atoms with E-state index in [9.17, 15) is 19.2 Å². The molecule has 5 atom stereocenters. The standard InChI is InChI=1S/C22H23ClFN4O7P/c1-3-22(10-34-11-36(31,32)33)19(30)18(29)21(35-22)28-20-14(9-25-28)16(8-17(23)27-20)26-12(2)13-6-4-5-7-15(13)24/h1,4-9,12,18-19,21,29-30H,10-11H2,2H3,(H,26,27)(H2,31,32,33)/t12-,18+,19-,21?,22+/m0/s1. The van der Waals surface area contributed by atoms with Crippen LogP contribution in [0.3, 0.4) is 0 Å². The number of aliphatic hydroxyl groups is 2. The van der Waals surface area contributed by atoms with Gasteiger partial charge in [0.05, 0.1) is 29.9 Å². The SMILES string of the molecule is C#C[C@]1(COCP(=O)(O)O)OC(n2ncc3c(N[C@@H](C)c4ccccc4F)cc(Cl)nc32)[C@H](O)[C@@H]1O. The number of nitrogens with one attached hydrogen (secondary N) is 1. The molecule has 0 radical (unpaired) electrons. The predicted octanol–water partition coefficient (Wildman–Crippen LogP) is 2.17. The smallest absolute Gasteiger partial charge is 0.350 e. The molecule has 0 aliphatic carbocycles. The molecule has 1 aliphatic rings. The number of benzene rings is 1. The summed E-state index contributed by atoms with van der Waals surface area (Å²) in [5.74, 6) is 1.83. The van der Waals surface area contributed by atoms with E-state index in [4.69, 9.17) is 37.3 Å². The van der Waals surface area contributed by atoms with Gasteiger partial charge in [-0.1, -0.05) is 35.7 Å². The van der Waals surface area contributed by atoms with Crippen molar-refractivity contribution in [3.63, 3.8) is 0 Å². The van der Waals surface area contributed by atoms with E-state index >= 15 is 0 Å². The number of hydrogen-bond acceptors (Lipinski definition) is 8. The minimum Gasteiger partial charge on any atom is -0.386 e. The van der Waals surface area contributed by atoms with E-state index in [1.165, 1.54) is 23.0 Å². The van der Waals surface area contributed by atoms with E-state index in [1.807, 2.05) is 0 Å². The summed E-state index contributed by atoms with van der Waals surface area (Å²) in [6, 6.07) is 7.39. The molecule has 0 saturated carbocycles. The van der Waals surface area contributed by atoms with E-state index in [0.717, 1.165) is 0 Å². The third-order valence-corrected chi connectivity index (χ3v) is 6.48. The number of pyridine rings is 1. The lowest BCUT2D eigenvalue weighted by Gasteiger charge is -2.26. The lowest BCUT2D eigenvalue weighted by molar-refractivity contribution is -0.105. The van der Waals surface area contributed by atoms with Crippen molar-refractivity contribution in [1.29, 1.82) is 0 Å². The quantitative estimate of drug-likeness (QED) is 0.163. The molecule has 3 aromatic rings. The molecule has 1 unspecified atom stereocenters. The molecule has 0 bridgehead atoms. The molecule has 36 heavy (non-hydrogen) atoms. The molecule has 1 fully saturated rings. The van der Waals surface area contributed by atoms with Crippen LogP contribution < -0.4 is 5.32 Å². The maximum atomic E-state index is 14.3. The van der Waals surface area contributed by atoms with E-state index < -0.39 is 50.6 Å². The van der Waals surface area contributed by atoms with Gasteiger partial charge in [-0.05, 0) is 19.1 Å². The molecule has 4 rings (SSSR count). The number of aliphatic hydroxyl groups excluding tert-OH is 2. The second kappa shape index (κ2) is 10.0. The molecule has 11 nitrogen and oxygen atoms in total. The Morgan fingerprint density at radius 1 is 1.42 bits per heavy atom. The molecule has 1 saturated heterocycles. The van der Waals surface area contributed by atoms with Crippen molar-refractivity contribution in [1.82, 2.24) is 14.8 Å². The number of fused-ring (bicyclic) bond motifs is 1. The Hall–Kier alpha value is -2.59. The van der Waals surface area contributed by atoms with Crippen LogP contribution in [0, 0.1) is 18.2 Å². The summed E-state index contributed by atoms with van der Waals surface area (Å²) in [6.07, 6.45) is 1.40. The van der Waals surface area contributed by atoms with Gasteiger partial charge in [-0.25, -0.2) is 14.1 Å². The normalized spacial score (nSPS) is 25.1. The van der Waals surface area contributed by atoms with Crippen LogP contribution in [0.15, 0.2) is 36.5 Å². The lowest BCUT2D eigenvalue weighted by atomic mass is 9.97. The first-order chi connectivity index (χ1) is 17.0. The van der Waals surface area contributed by atoms with E-state index in [-0.39, 0.29) is 16.6 Å². The molecule has 14 heteroatoms. The van der Waals surface area contributed by atoms with Crippen LogP contribution in [-0.4, -0.2) is 65.5 Å².